The molecular weight excluding hydrogens is 400 g/mol. The summed E-state index contributed by atoms with van der Waals surface area (Å²) < 4.78 is 19.0. The van der Waals surface area contributed by atoms with E-state index in [-0.39, 0.29) is 23.6 Å². The zero-order valence-electron chi connectivity index (χ0n) is 15.1. The lowest BCUT2D eigenvalue weighted by molar-refractivity contribution is 0.0935. The van der Waals surface area contributed by atoms with Gasteiger partial charge in [0.25, 0.3) is 5.91 Å². The van der Waals surface area contributed by atoms with Crippen LogP contribution in [0.25, 0.3) is 0 Å². The average molecular weight is 418 g/mol. The van der Waals surface area contributed by atoms with E-state index in [4.69, 9.17) is 27.9 Å². The molecule has 0 spiro atoms. The summed E-state index contributed by atoms with van der Waals surface area (Å²) in [5.41, 5.74) is 1.91. The first kappa shape index (κ1) is 20.2. The summed E-state index contributed by atoms with van der Waals surface area (Å²) in [6.45, 7) is 1.99. The van der Waals surface area contributed by atoms with Gasteiger partial charge in [0, 0.05) is 10.6 Å². The van der Waals surface area contributed by atoms with Crippen LogP contribution in [0.3, 0.4) is 0 Å². The monoisotopic (exact) mass is 417 g/mol. The lowest BCUT2D eigenvalue weighted by atomic mass is 10.1. The smallest absolute Gasteiger partial charge is 0.255 e. The van der Waals surface area contributed by atoms with E-state index in [0.29, 0.717) is 21.9 Å². The molecule has 0 aliphatic heterocycles. The van der Waals surface area contributed by atoms with Crippen molar-refractivity contribution in [1.82, 2.24) is 5.32 Å². The van der Waals surface area contributed by atoms with Crippen molar-refractivity contribution in [3.05, 3.63) is 99.3 Å². The van der Waals surface area contributed by atoms with Crippen molar-refractivity contribution in [3.8, 4) is 5.75 Å². The van der Waals surface area contributed by atoms with Gasteiger partial charge in [-0.1, -0.05) is 59.6 Å². The maximum absolute atomic E-state index is 13.2. The largest absolute Gasteiger partial charge is 0.488 e. The number of benzene rings is 3. The Labute approximate surface area is 173 Å². The third-order valence-corrected chi connectivity index (χ3v) is 4.82. The van der Waals surface area contributed by atoms with Gasteiger partial charge in [0.2, 0.25) is 0 Å². The number of halogens is 3. The first-order valence-electron chi connectivity index (χ1n) is 8.66. The molecule has 3 rings (SSSR count). The van der Waals surface area contributed by atoms with Crippen LogP contribution in [-0.4, -0.2) is 5.91 Å². The molecule has 0 aromatic heterocycles. The maximum Gasteiger partial charge on any atom is 0.255 e. The Hall–Kier alpha value is -2.56. The molecule has 3 nitrogen and oxygen atoms in total. The van der Waals surface area contributed by atoms with Crippen LogP contribution in [0, 0.1) is 5.82 Å². The number of rotatable bonds is 6. The minimum Gasteiger partial charge on any atom is -0.488 e. The number of nitrogens with one attached hydrogen (secondary N) is 1. The quantitative estimate of drug-likeness (QED) is 0.518. The molecule has 6 heteroatoms. The van der Waals surface area contributed by atoms with Crippen LogP contribution in [0.2, 0.25) is 10.0 Å². The number of hydrogen-bond acceptors (Lipinski definition) is 2. The normalized spacial score (nSPS) is 11.7. The van der Waals surface area contributed by atoms with Crippen LogP contribution < -0.4 is 10.1 Å². The Morgan fingerprint density at radius 3 is 2.54 bits per heavy atom. The third-order valence-electron chi connectivity index (χ3n) is 4.23. The van der Waals surface area contributed by atoms with E-state index in [0.717, 1.165) is 5.56 Å². The van der Waals surface area contributed by atoms with Crippen molar-refractivity contribution in [2.24, 2.45) is 0 Å². The van der Waals surface area contributed by atoms with Gasteiger partial charge < -0.3 is 10.1 Å². The summed E-state index contributed by atoms with van der Waals surface area (Å²) in [5, 5.41) is 3.63. The Morgan fingerprint density at radius 1 is 1.07 bits per heavy atom. The number of hydrogen-bond donors (Lipinski definition) is 1. The van der Waals surface area contributed by atoms with Gasteiger partial charge in [-0.2, -0.15) is 0 Å². The number of amides is 1. The molecule has 0 radical (unpaired) electrons. The minimum atomic E-state index is -0.421. The standard InChI is InChI=1S/C22H18Cl2FNO2/c1-14(15-5-3-2-4-6-15)26-22(27)19-11-17(23)8-10-21(19)28-13-16-7-9-18(25)12-20(16)24/h2-12,14H,13H2,1H3,(H,26,27)/t14-/m0/s1. The molecule has 0 saturated heterocycles. The minimum absolute atomic E-state index is 0.0925. The molecule has 0 heterocycles. The Balaban J connectivity index is 1.77. The number of ether oxygens (including phenoxy) is 1. The third kappa shape index (κ3) is 5.03. The predicted octanol–water partition coefficient (Wildman–Crippen LogP) is 6.20. The number of carbonyl (C=O) groups excluding carboxylic acids is 1. The van der Waals surface area contributed by atoms with Gasteiger partial charge in [-0.3, -0.25) is 4.79 Å². The molecule has 0 fully saturated rings. The van der Waals surface area contributed by atoms with Crippen molar-refractivity contribution < 1.29 is 13.9 Å². The second-order valence-electron chi connectivity index (χ2n) is 6.27. The highest BCUT2D eigenvalue weighted by molar-refractivity contribution is 6.31. The van der Waals surface area contributed by atoms with Gasteiger partial charge in [0.05, 0.1) is 16.6 Å². The topological polar surface area (TPSA) is 38.3 Å². The molecule has 144 valence electrons. The second kappa shape index (κ2) is 9.09. The van der Waals surface area contributed by atoms with Crippen LogP contribution in [0.5, 0.6) is 5.75 Å². The van der Waals surface area contributed by atoms with Crippen molar-refractivity contribution in [3.63, 3.8) is 0 Å². The molecule has 3 aromatic carbocycles. The van der Waals surface area contributed by atoms with Crippen LogP contribution in [0.15, 0.2) is 66.7 Å². The van der Waals surface area contributed by atoms with Crippen LogP contribution in [-0.2, 0) is 6.61 Å². The summed E-state index contributed by atoms with van der Waals surface area (Å²) in [7, 11) is 0. The maximum atomic E-state index is 13.2. The van der Waals surface area contributed by atoms with Crippen LogP contribution in [0.4, 0.5) is 4.39 Å². The molecule has 0 saturated carbocycles. The fourth-order valence-electron chi connectivity index (χ4n) is 2.70. The van der Waals surface area contributed by atoms with Crippen molar-refractivity contribution in [2.75, 3.05) is 0 Å². The second-order valence-corrected chi connectivity index (χ2v) is 7.11. The van der Waals surface area contributed by atoms with E-state index < -0.39 is 5.82 Å². The summed E-state index contributed by atoms with van der Waals surface area (Å²) in [5.74, 6) is -0.364. The van der Waals surface area contributed by atoms with Gasteiger partial charge in [-0.25, -0.2) is 4.39 Å². The molecule has 0 aliphatic carbocycles. The molecule has 0 unspecified atom stereocenters. The summed E-state index contributed by atoms with van der Waals surface area (Å²) in [6, 6.07) is 18.3. The van der Waals surface area contributed by atoms with Crippen LogP contribution >= 0.6 is 23.2 Å². The van der Waals surface area contributed by atoms with Crippen molar-refractivity contribution in [1.29, 1.82) is 0 Å². The van der Waals surface area contributed by atoms with E-state index >= 15 is 0 Å². The molecule has 28 heavy (non-hydrogen) atoms. The first-order valence-corrected chi connectivity index (χ1v) is 9.41. The molecule has 0 bridgehead atoms. The van der Waals surface area contributed by atoms with Gasteiger partial charge >= 0.3 is 0 Å². The van der Waals surface area contributed by atoms with Gasteiger partial charge in [-0.05, 0) is 42.8 Å². The first-order chi connectivity index (χ1) is 13.4. The fraction of sp³-hybridized carbons (Fsp3) is 0.136. The zero-order valence-corrected chi connectivity index (χ0v) is 16.6. The van der Waals surface area contributed by atoms with Gasteiger partial charge in [-0.15, -0.1) is 0 Å². The SMILES string of the molecule is C[C@H](NC(=O)c1cc(Cl)ccc1OCc1ccc(F)cc1Cl)c1ccccc1. The Kier molecular flexibility index (Phi) is 6.55. The molecule has 1 amide bonds. The van der Waals surface area contributed by atoms with E-state index in [9.17, 15) is 9.18 Å². The lowest BCUT2D eigenvalue weighted by Crippen LogP contribution is -2.27. The van der Waals surface area contributed by atoms with E-state index in [2.05, 4.69) is 5.32 Å². The zero-order chi connectivity index (χ0) is 20.1. The highest BCUT2D eigenvalue weighted by atomic mass is 35.5. The Morgan fingerprint density at radius 2 is 1.82 bits per heavy atom. The van der Waals surface area contributed by atoms with Crippen molar-refractivity contribution in [2.45, 2.75) is 19.6 Å². The average Bonchev–Trinajstić information content (AvgIpc) is 2.68. The van der Waals surface area contributed by atoms with E-state index in [1.54, 1.807) is 24.3 Å². The fourth-order valence-corrected chi connectivity index (χ4v) is 3.09. The molecule has 3 aromatic rings. The summed E-state index contributed by atoms with van der Waals surface area (Å²) in [6.07, 6.45) is 0. The van der Waals surface area contributed by atoms with Gasteiger partial charge in [0.1, 0.15) is 18.2 Å². The highest BCUT2D eigenvalue weighted by Gasteiger charge is 2.17. The van der Waals surface area contributed by atoms with Crippen molar-refractivity contribution >= 4 is 29.1 Å². The lowest BCUT2D eigenvalue weighted by Gasteiger charge is -2.17. The summed E-state index contributed by atoms with van der Waals surface area (Å²) in [4.78, 5) is 12.8. The Bertz CT molecular complexity index is 980. The van der Waals surface area contributed by atoms with Gasteiger partial charge in [0.15, 0.2) is 0 Å². The van der Waals surface area contributed by atoms with Crippen LogP contribution in [0.1, 0.15) is 34.5 Å². The van der Waals surface area contributed by atoms with E-state index in [1.807, 2.05) is 37.3 Å². The number of carbonyl (C=O) groups is 1. The molecular formula is C22H18Cl2FNO2. The van der Waals surface area contributed by atoms with E-state index in [1.165, 1.54) is 12.1 Å². The molecule has 1 N–H and O–H groups in total. The molecule has 1 atom stereocenters. The predicted molar refractivity (Wildman–Crippen MR) is 110 cm³/mol. The molecule has 0 aliphatic rings. The summed E-state index contributed by atoms with van der Waals surface area (Å²) >= 11 is 12.1. The highest BCUT2D eigenvalue weighted by Crippen LogP contribution is 2.26.